The lowest BCUT2D eigenvalue weighted by Gasteiger charge is -2.28. The molecule has 100 valence electrons. The van der Waals surface area contributed by atoms with Crippen LogP contribution in [0.4, 0.5) is 0 Å². The summed E-state index contributed by atoms with van der Waals surface area (Å²) in [6, 6.07) is 1.14. The van der Waals surface area contributed by atoms with Crippen molar-refractivity contribution in [2.45, 2.75) is 64.3 Å². The number of hydrogen-bond acceptors (Lipinski definition) is 3. The van der Waals surface area contributed by atoms with Crippen LogP contribution in [0.5, 0.6) is 0 Å². The molecule has 0 aromatic heterocycles. The van der Waals surface area contributed by atoms with Crippen LogP contribution in [0.2, 0.25) is 12.6 Å². The van der Waals surface area contributed by atoms with Crippen molar-refractivity contribution in [2.24, 2.45) is 5.92 Å². The number of hydrogen-bond donors (Lipinski definition) is 0. The predicted octanol–water partition coefficient (Wildman–Crippen LogP) is 3.09. The Kier molecular flexibility index (Phi) is 4.63. The molecular weight excluding hydrogens is 232 g/mol. The average molecular weight is 258 g/mol. The van der Waals surface area contributed by atoms with Gasteiger partial charge in [-0.2, -0.15) is 0 Å². The van der Waals surface area contributed by atoms with Crippen LogP contribution in [0.15, 0.2) is 0 Å². The summed E-state index contributed by atoms with van der Waals surface area (Å²) in [6.07, 6.45) is 6.36. The molecule has 17 heavy (non-hydrogen) atoms. The first kappa shape index (κ1) is 13.5. The molecule has 4 heteroatoms. The van der Waals surface area contributed by atoms with Gasteiger partial charge in [0.1, 0.15) is 0 Å². The van der Waals surface area contributed by atoms with Crippen molar-refractivity contribution in [1.82, 2.24) is 0 Å². The minimum atomic E-state index is -1.88. The molecule has 1 heterocycles. The Morgan fingerprint density at radius 1 is 1.12 bits per heavy atom. The maximum Gasteiger partial charge on any atom is 0.334 e. The molecule has 1 saturated heterocycles. The third kappa shape index (κ3) is 3.78. The summed E-state index contributed by atoms with van der Waals surface area (Å²) >= 11 is 0. The number of rotatable bonds is 7. The lowest BCUT2D eigenvalue weighted by Crippen LogP contribution is -2.39. The molecule has 3 atom stereocenters. The van der Waals surface area contributed by atoms with Gasteiger partial charge in [0.05, 0.1) is 12.2 Å². The third-order valence-electron chi connectivity index (χ3n) is 4.02. The highest BCUT2D eigenvalue weighted by molar-refractivity contribution is 6.66. The molecule has 3 unspecified atom stereocenters. The fourth-order valence-electron chi connectivity index (χ4n) is 3.01. The highest BCUT2D eigenvalue weighted by atomic mass is 28.4. The monoisotopic (exact) mass is 258 g/mol. The Bertz CT molecular complexity index is 241. The molecule has 0 N–H and O–H groups in total. The SMILES string of the molecule is CCO[Si](C)(CCC1CCC2OC2C1)OCC. The van der Waals surface area contributed by atoms with Crippen LogP contribution in [-0.2, 0) is 13.6 Å². The summed E-state index contributed by atoms with van der Waals surface area (Å²) < 4.78 is 17.4. The normalized spacial score (nSPS) is 32.3. The highest BCUT2D eigenvalue weighted by Crippen LogP contribution is 2.41. The molecule has 3 nitrogen and oxygen atoms in total. The number of fused-ring (bicyclic) bond motifs is 1. The first-order valence-corrected chi connectivity index (χ1v) is 9.62. The van der Waals surface area contributed by atoms with E-state index >= 15 is 0 Å². The van der Waals surface area contributed by atoms with Crippen molar-refractivity contribution in [1.29, 1.82) is 0 Å². The molecule has 0 spiro atoms. The van der Waals surface area contributed by atoms with Crippen molar-refractivity contribution in [3.63, 3.8) is 0 Å². The van der Waals surface area contributed by atoms with Crippen LogP contribution in [0.3, 0.4) is 0 Å². The van der Waals surface area contributed by atoms with Crippen molar-refractivity contribution < 1.29 is 13.6 Å². The molecule has 2 rings (SSSR count). The third-order valence-corrected chi connectivity index (χ3v) is 7.01. The molecule has 0 bridgehead atoms. The zero-order valence-corrected chi connectivity index (χ0v) is 12.4. The van der Waals surface area contributed by atoms with Crippen LogP contribution in [-0.4, -0.2) is 34.0 Å². The van der Waals surface area contributed by atoms with E-state index in [-0.39, 0.29) is 0 Å². The fraction of sp³-hybridized carbons (Fsp3) is 1.00. The van der Waals surface area contributed by atoms with E-state index in [2.05, 4.69) is 20.4 Å². The lowest BCUT2D eigenvalue weighted by molar-refractivity contribution is 0.185. The minimum absolute atomic E-state index is 0.598. The first-order chi connectivity index (χ1) is 8.17. The van der Waals surface area contributed by atoms with E-state index in [1.165, 1.54) is 25.7 Å². The second-order valence-corrected chi connectivity index (χ2v) is 8.78. The van der Waals surface area contributed by atoms with Gasteiger partial charge in [-0.25, -0.2) is 0 Å². The van der Waals surface area contributed by atoms with Gasteiger partial charge in [-0.05, 0) is 58.0 Å². The highest BCUT2D eigenvalue weighted by Gasteiger charge is 2.44. The zero-order valence-electron chi connectivity index (χ0n) is 11.4. The van der Waals surface area contributed by atoms with E-state index < -0.39 is 8.56 Å². The lowest BCUT2D eigenvalue weighted by atomic mass is 9.88. The van der Waals surface area contributed by atoms with Crippen molar-refractivity contribution in [3.05, 3.63) is 0 Å². The molecule has 0 amide bonds. The van der Waals surface area contributed by atoms with Crippen LogP contribution in [0, 0.1) is 5.92 Å². The Hall–Kier alpha value is 0.0969. The van der Waals surface area contributed by atoms with Gasteiger partial charge >= 0.3 is 8.56 Å². The standard InChI is InChI=1S/C13H26O3Si/c1-4-14-17(3,15-5-2)9-8-11-6-7-12-13(10-11)16-12/h11-13H,4-10H2,1-3H3. The second-order valence-electron chi connectivity index (χ2n) is 5.43. The molecular formula is C13H26O3Si. The molecule has 2 fully saturated rings. The van der Waals surface area contributed by atoms with Crippen molar-refractivity contribution in [2.75, 3.05) is 13.2 Å². The van der Waals surface area contributed by atoms with Gasteiger partial charge in [-0.1, -0.05) is 0 Å². The van der Waals surface area contributed by atoms with Crippen LogP contribution in [0.1, 0.15) is 39.5 Å². The largest absolute Gasteiger partial charge is 0.395 e. The first-order valence-electron chi connectivity index (χ1n) is 7.10. The van der Waals surface area contributed by atoms with Gasteiger partial charge in [0.25, 0.3) is 0 Å². The summed E-state index contributed by atoms with van der Waals surface area (Å²) in [6.45, 7) is 7.89. The van der Waals surface area contributed by atoms with Crippen LogP contribution in [0.25, 0.3) is 0 Å². The van der Waals surface area contributed by atoms with Gasteiger partial charge in [-0.3, -0.25) is 0 Å². The summed E-state index contributed by atoms with van der Waals surface area (Å²) in [4.78, 5) is 0. The molecule has 2 aliphatic rings. The summed E-state index contributed by atoms with van der Waals surface area (Å²) in [5, 5.41) is 0. The van der Waals surface area contributed by atoms with E-state index in [0.29, 0.717) is 12.2 Å². The predicted molar refractivity (Wildman–Crippen MR) is 70.3 cm³/mol. The quantitative estimate of drug-likeness (QED) is 0.519. The molecule has 0 aromatic carbocycles. The molecule has 1 aliphatic carbocycles. The van der Waals surface area contributed by atoms with E-state index in [4.69, 9.17) is 13.6 Å². The average Bonchev–Trinajstić information content (AvgIpc) is 3.05. The van der Waals surface area contributed by atoms with E-state index in [9.17, 15) is 0 Å². The summed E-state index contributed by atoms with van der Waals surface area (Å²) in [7, 11) is -1.88. The van der Waals surface area contributed by atoms with Crippen LogP contribution < -0.4 is 0 Å². The van der Waals surface area contributed by atoms with Crippen LogP contribution >= 0.6 is 0 Å². The van der Waals surface area contributed by atoms with E-state index in [1.54, 1.807) is 0 Å². The van der Waals surface area contributed by atoms with Gasteiger partial charge < -0.3 is 13.6 Å². The molecule has 1 saturated carbocycles. The van der Waals surface area contributed by atoms with Crippen molar-refractivity contribution in [3.8, 4) is 0 Å². The number of epoxide rings is 1. The Morgan fingerprint density at radius 3 is 2.41 bits per heavy atom. The Labute approximate surface area is 106 Å². The minimum Gasteiger partial charge on any atom is -0.395 e. The summed E-state index contributed by atoms with van der Waals surface area (Å²) in [5.41, 5.74) is 0. The summed E-state index contributed by atoms with van der Waals surface area (Å²) in [5.74, 6) is 0.839. The molecule has 0 radical (unpaired) electrons. The maximum absolute atomic E-state index is 5.88. The molecule has 1 aliphatic heterocycles. The smallest absolute Gasteiger partial charge is 0.334 e. The van der Waals surface area contributed by atoms with Crippen molar-refractivity contribution >= 4 is 8.56 Å². The van der Waals surface area contributed by atoms with Gasteiger partial charge in [0.15, 0.2) is 0 Å². The van der Waals surface area contributed by atoms with E-state index in [0.717, 1.165) is 25.2 Å². The Morgan fingerprint density at radius 2 is 1.82 bits per heavy atom. The second kappa shape index (κ2) is 5.82. The van der Waals surface area contributed by atoms with Gasteiger partial charge in [0, 0.05) is 13.2 Å². The Balaban J connectivity index is 1.73. The maximum atomic E-state index is 5.88. The van der Waals surface area contributed by atoms with Gasteiger partial charge in [-0.15, -0.1) is 0 Å². The van der Waals surface area contributed by atoms with E-state index in [1.807, 2.05) is 0 Å². The fourth-order valence-corrected chi connectivity index (χ4v) is 5.54. The molecule has 0 aromatic rings. The zero-order chi connectivity index (χ0) is 12.3. The number of ether oxygens (including phenoxy) is 1. The topological polar surface area (TPSA) is 31.0 Å². The van der Waals surface area contributed by atoms with Gasteiger partial charge in [0.2, 0.25) is 0 Å².